The van der Waals surface area contributed by atoms with Crippen LogP contribution in [0.1, 0.15) is 113 Å². The summed E-state index contributed by atoms with van der Waals surface area (Å²) in [6, 6.07) is 0. The molecule has 0 aromatic heterocycles. The van der Waals surface area contributed by atoms with Gasteiger partial charge in [-0.25, -0.2) is 0 Å². The van der Waals surface area contributed by atoms with E-state index in [0.717, 1.165) is 32.1 Å². The smallest absolute Gasteiger partial charge is 0.136 e. The second-order valence-corrected chi connectivity index (χ2v) is 15.3. The number of rotatable bonds is 1. The molecule has 2 N–H and O–H groups in total. The first-order valence-electron chi connectivity index (χ1n) is 14.0. The Morgan fingerprint density at radius 1 is 0.818 bits per heavy atom. The van der Waals surface area contributed by atoms with Gasteiger partial charge in [0.2, 0.25) is 0 Å². The topological polar surface area (TPSA) is 57.5 Å². The van der Waals surface area contributed by atoms with E-state index in [9.17, 15) is 15.0 Å². The fourth-order valence-electron chi connectivity index (χ4n) is 11.4. The van der Waals surface area contributed by atoms with Gasteiger partial charge < -0.3 is 10.2 Å². The SMILES string of the molecule is C[C@H]1C(=O)CC[C@@H]2[C@]1(C)C[C@@H](O)[C@H]1[C@@]2(C)CC[C@@]2(C)[C@@H]3C[C@](C)(CO)CC[C@]3(C)CC[C@]12C. The van der Waals surface area contributed by atoms with Crippen LogP contribution in [0.25, 0.3) is 0 Å². The van der Waals surface area contributed by atoms with E-state index in [2.05, 4.69) is 48.5 Å². The number of aliphatic hydroxyl groups excluding tert-OH is 2. The average Bonchev–Trinajstić information content (AvgIpc) is 2.74. The number of fused-ring (bicyclic) bond motifs is 7. The van der Waals surface area contributed by atoms with Gasteiger partial charge in [-0.2, -0.15) is 0 Å². The van der Waals surface area contributed by atoms with Crippen LogP contribution in [0.2, 0.25) is 0 Å². The van der Waals surface area contributed by atoms with E-state index < -0.39 is 0 Å². The molecule has 0 bridgehead atoms. The molecule has 0 heterocycles. The average molecular weight is 459 g/mol. The molecule has 0 saturated heterocycles. The second kappa shape index (κ2) is 7.09. The summed E-state index contributed by atoms with van der Waals surface area (Å²) in [5.74, 6) is 1.90. The fourth-order valence-corrected chi connectivity index (χ4v) is 11.4. The minimum absolute atomic E-state index is 0.0368. The van der Waals surface area contributed by atoms with Crippen molar-refractivity contribution in [1.82, 2.24) is 0 Å². The van der Waals surface area contributed by atoms with Gasteiger partial charge in [0.1, 0.15) is 5.78 Å². The lowest BCUT2D eigenvalue weighted by Gasteiger charge is -2.75. The van der Waals surface area contributed by atoms with Gasteiger partial charge in [-0.15, -0.1) is 0 Å². The molecule has 0 spiro atoms. The normalized spacial score (nSPS) is 60.9. The van der Waals surface area contributed by atoms with Gasteiger partial charge in [-0.1, -0.05) is 48.5 Å². The first-order chi connectivity index (χ1) is 15.2. The molecular formula is C30H50O3. The minimum Gasteiger partial charge on any atom is -0.396 e. The van der Waals surface area contributed by atoms with Crippen LogP contribution in [-0.4, -0.2) is 28.7 Å². The van der Waals surface area contributed by atoms with Crippen molar-refractivity contribution in [3.63, 3.8) is 0 Å². The number of Topliss-reactive ketones (excluding diaryl/α,β-unsaturated/α-hetero) is 1. The molecule has 5 aliphatic carbocycles. The molecule has 0 aromatic carbocycles. The zero-order valence-electron chi connectivity index (χ0n) is 22.5. The van der Waals surface area contributed by atoms with Crippen molar-refractivity contribution in [2.45, 2.75) is 119 Å². The summed E-state index contributed by atoms with van der Waals surface area (Å²) in [5.41, 5.74) is 0.701. The fraction of sp³-hybridized carbons (Fsp3) is 0.967. The second-order valence-electron chi connectivity index (χ2n) is 15.3. The standard InChI is InChI=1S/C30H50O3/c1-19-20(32)8-9-22-27(4)13-15-29(6)23-17-25(2,18-31)10-11-26(23,3)12-14-30(29,7)24(27)21(33)16-28(19,22)5/h19,21-24,31,33H,8-18H2,1-7H3/t19-,21+,22-,23+,24-,25+,26+,27-,28+,29-,30+/m0/s1. The Labute approximate surface area is 202 Å². The van der Waals surface area contributed by atoms with E-state index in [1.807, 2.05) is 0 Å². The van der Waals surface area contributed by atoms with E-state index in [1.165, 1.54) is 32.1 Å². The van der Waals surface area contributed by atoms with Crippen molar-refractivity contribution in [3.05, 3.63) is 0 Å². The van der Waals surface area contributed by atoms with Crippen LogP contribution in [0, 0.1) is 56.2 Å². The Morgan fingerprint density at radius 2 is 1.45 bits per heavy atom. The van der Waals surface area contributed by atoms with Gasteiger partial charge in [0.25, 0.3) is 0 Å². The molecule has 0 radical (unpaired) electrons. The van der Waals surface area contributed by atoms with Crippen molar-refractivity contribution in [2.75, 3.05) is 6.61 Å². The molecule has 188 valence electrons. The summed E-state index contributed by atoms with van der Waals surface area (Å²) in [6.07, 6.45) is 10.5. The Balaban J connectivity index is 1.58. The monoisotopic (exact) mass is 458 g/mol. The largest absolute Gasteiger partial charge is 0.396 e. The third-order valence-electron chi connectivity index (χ3n) is 13.9. The molecule has 11 atom stereocenters. The first kappa shape index (κ1) is 24.3. The van der Waals surface area contributed by atoms with Crippen LogP contribution in [0.15, 0.2) is 0 Å². The van der Waals surface area contributed by atoms with Crippen LogP contribution >= 0.6 is 0 Å². The number of hydrogen-bond donors (Lipinski definition) is 2. The van der Waals surface area contributed by atoms with Crippen LogP contribution in [-0.2, 0) is 4.79 Å². The minimum atomic E-state index is -0.327. The lowest BCUT2D eigenvalue weighted by atomic mass is 9.29. The van der Waals surface area contributed by atoms with Gasteiger partial charge in [0.05, 0.1) is 6.10 Å². The lowest BCUT2D eigenvalue weighted by molar-refractivity contribution is -0.283. The van der Waals surface area contributed by atoms with Gasteiger partial charge in [0.15, 0.2) is 0 Å². The molecule has 5 saturated carbocycles. The van der Waals surface area contributed by atoms with E-state index in [4.69, 9.17) is 0 Å². The molecule has 5 rings (SSSR count). The van der Waals surface area contributed by atoms with Gasteiger partial charge >= 0.3 is 0 Å². The highest BCUT2D eigenvalue weighted by Crippen LogP contribution is 2.78. The highest BCUT2D eigenvalue weighted by molar-refractivity contribution is 5.82. The molecule has 5 aliphatic rings. The Morgan fingerprint density at radius 3 is 2.12 bits per heavy atom. The Kier molecular flexibility index (Phi) is 5.22. The van der Waals surface area contributed by atoms with Gasteiger partial charge in [0, 0.05) is 18.9 Å². The molecule has 0 unspecified atom stereocenters. The summed E-state index contributed by atoms with van der Waals surface area (Å²) >= 11 is 0. The molecule has 0 amide bonds. The van der Waals surface area contributed by atoms with Crippen molar-refractivity contribution < 1.29 is 15.0 Å². The highest BCUT2D eigenvalue weighted by atomic mass is 16.3. The van der Waals surface area contributed by atoms with Crippen LogP contribution < -0.4 is 0 Å². The Hall–Kier alpha value is -0.410. The van der Waals surface area contributed by atoms with Gasteiger partial charge in [-0.05, 0) is 108 Å². The predicted molar refractivity (Wildman–Crippen MR) is 133 cm³/mol. The zero-order chi connectivity index (χ0) is 24.2. The molecule has 3 nitrogen and oxygen atoms in total. The third kappa shape index (κ3) is 2.90. The summed E-state index contributed by atoms with van der Waals surface area (Å²) in [4.78, 5) is 12.7. The van der Waals surface area contributed by atoms with Crippen LogP contribution in [0.3, 0.4) is 0 Å². The maximum atomic E-state index is 12.7. The van der Waals surface area contributed by atoms with Crippen molar-refractivity contribution in [3.8, 4) is 0 Å². The number of ketones is 1. The predicted octanol–water partition coefficient (Wildman–Crippen LogP) is 6.40. The van der Waals surface area contributed by atoms with Crippen LogP contribution in [0.5, 0.6) is 0 Å². The molecule has 3 heteroatoms. The number of carbonyl (C=O) groups excluding carboxylic acids is 1. The first-order valence-corrected chi connectivity index (χ1v) is 14.0. The molecule has 0 aromatic rings. The number of carbonyl (C=O) groups is 1. The maximum Gasteiger partial charge on any atom is 0.136 e. The summed E-state index contributed by atoms with van der Waals surface area (Å²) in [5, 5.41) is 22.2. The Bertz CT molecular complexity index is 838. The molecule has 33 heavy (non-hydrogen) atoms. The molecule has 5 fully saturated rings. The van der Waals surface area contributed by atoms with E-state index in [-0.39, 0.29) is 39.1 Å². The summed E-state index contributed by atoms with van der Waals surface area (Å²) in [6.45, 7) is 17.2. The van der Waals surface area contributed by atoms with E-state index >= 15 is 0 Å². The van der Waals surface area contributed by atoms with E-state index in [0.29, 0.717) is 35.6 Å². The summed E-state index contributed by atoms with van der Waals surface area (Å²) < 4.78 is 0. The lowest BCUT2D eigenvalue weighted by Crippen LogP contribution is -2.70. The quantitative estimate of drug-likeness (QED) is 0.478. The van der Waals surface area contributed by atoms with Crippen molar-refractivity contribution in [1.29, 1.82) is 0 Å². The number of hydrogen-bond acceptors (Lipinski definition) is 3. The van der Waals surface area contributed by atoms with Crippen LogP contribution in [0.4, 0.5) is 0 Å². The third-order valence-corrected chi connectivity index (χ3v) is 13.9. The number of aliphatic hydroxyl groups is 2. The highest BCUT2D eigenvalue weighted by Gasteiger charge is 2.72. The zero-order valence-corrected chi connectivity index (χ0v) is 22.5. The molecule has 0 aliphatic heterocycles. The van der Waals surface area contributed by atoms with Crippen molar-refractivity contribution >= 4 is 5.78 Å². The summed E-state index contributed by atoms with van der Waals surface area (Å²) in [7, 11) is 0. The van der Waals surface area contributed by atoms with E-state index in [1.54, 1.807) is 0 Å². The maximum absolute atomic E-state index is 12.7. The van der Waals surface area contributed by atoms with Gasteiger partial charge in [-0.3, -0.25) is 4.79 Å². The molecular weight excluding hydrogens is 408 g/mol. The van der Waals surface area contributed by atoms with Crippen molar-refractivity contribution in [2.24, 2.45) is 56.2 Å².